The number of nitrogens with zero attached hydrogens (tertiary/aromatic N) is 1. The number of carbonyl (C=O) groups is 2. The minimum Gasteiger partial charge on any atom is -0.356 e. The number of aryl methyl sites for hydroxylation is 2. The molecule has 0 aromatic carbocycles. The second kappa shape index (κ2) is 7.88. The van der Waals surface area contributed by atoms with E-state index in [4.69, 9.17) is 0 Å². The summed E-state index contributed by atoms with van der Waals surface area (Å²) in [5.41, 5.74) is 0.785. The molecule has 0 aliphatic carbocycles. The van der Waals surface area contributed by atoms with Gasteiger partial charge in [-0.1, -0.05) is 13.8 Å². The van der Waals surface area contributed by atoms with Crippen LogP contribution in [-0.4, -0.2) is 43.8 Å². The van der Waals surface area contributed by atoms with Crippen molar-refractivity contribution in [3.05, 3.63) is 21.4 Å². The highest BCUT2D eigenvalue weighted by molar-refractivity contribution is 7.12. The van der Waals surface area contributed by atoms with Crippen LogP contribution < -0.4 is 5.32 Å². The fourth-order valence-electron chi connectivity index (χ4n) is 2.61. The van der Waals surface area contributed by atoms with Crippen molar-refractivity contribution in [2.24, 2.45) is 5.41 Å². The molecule has 124 valence electrons. The molecule has 0 spiro atoms. The molecule has 5 heteroatoms. The molecule has 0 saturated heterocycles. The maximum absolute atomic E-state index is 12.1. The van der Waals surface area contributed by atoms with E-state index < -0.39 is 0 Å². The summed E-state index contributed by atoms with van der Waals surface area (Å²) in [5, 5.41) is 2.94. The molecule has 0 unspecified atom stereocenters. The molecule has 22 heavy (non-hydrogen) atoms. The van der Waals surface area contributed by atoms with Crippen LogP contribution in [0.4, 0.5) is 0 Å². The Morgan fingerprint density at radius 2 is 1.86 bits per heavy atom. The van der Waals surface area contributed by atoms with E-state index in [1.165, 1.54) is 0 Å². The largest absolute Gasteiger partial charge is 0.356 e. The Labute approximate surface area is 137 Å². The van der Waals surface area contributed by atoms with Crippen LogP contribution in [0.25, 0.3) is 0 Å². The molecular weight excluding hydrogens is 296 g/mol. The Balaban J connectivity index is 2.40. The summed E-state index contributed by atoms with van der Waals surface area (Å²) < 4.78 is 0. The van der Waals surface area contributed by atoms with E-state index in [9.17, 15) is 9.59 Å². The van der Waals surface area contributed by atoms with E-state index in [0.717, 1.165) is 21.9 Å². The Morgan fingerprint density at radius 3 is 2.36 bits per heavy atom. The van der Waals surface area contributed by atoms with Crippen LogP contribution in [0.5, 0.6) is 0 Å². The topological polar surface area (TPSA) is 49.4 Å². The van der Waals surface area contributed by atoms with Crippen molar-refractivity contribution in [3.8, 4) is 0 Å². The molecule has 0 bridgehead atoms. The zero-order valence-electron chi connectivity index (χ0n) is 14.6. The summed E-state index contributed by atoms with van der Waals surface area (Å²) in [4.78, 5) is 28.4. The number of carbonyl (C=O) groups excluding carboxylic acids is 2. The highest BCUT2D eigenvalue weighted by Crippen LogP contribution is 2.22. The van der Waals surface area contributed by atoms with Crippen LogP contribution in [0.15, 0.2) is 6.07 Å². The number of thiophene rings is 1. The second-order valence-electron chi connectivity index (χ2n) is 6.93. The average molecular weight is 324 g/mol. The maximum atomic E-state index is 12.1. The molecule has 0 radical (unpaired) electrons. The first-order chi connectivity index (χ1) is 10.1. The average Bonchev–Trinajstić information content (AvgIpc) is 2.71. The van der Waals surface area contributed by atoms with Gasteiger partial charge in [0.05, 0.1) is 0 Å². The Hall–Kier alpha value is -1.20. The predicted octanol–water partition coefficient (Wildman–Crippen LogP) is 3.03. The van der Waals surface area contributed by atoms with Gasteiger partial charge >= 0.3 is 0 Å². The van der Waals surface area contributed by atoms with Crippen molar-refractivity contribution in [2.75, 3.05) is 27.2 Å². The van der Waals surface area contributed by atoms with Crippen LogP contribution in [0.1, 0.15) is 46.8 Å². The third-order valence-corrected chi connectivity index (χ3v) is 4.39. The fourth-order valence-corrected chi connectivity index (χ4v) is 3.55. The van der Waals surface area contributed by atoms with Gasteiger partial charge < -0.3 is 10.2 Å². The molecule has 1 aromatic rings. The summed E-state index contributed by atoms with van der Waals surface area (Å²) in [6, 6.07) is 1.92. The molecule has 0 saturated carbocycles. The quantitative estimate of drug-likeness (QED) is 0.748. The van der Waals surface area contributed by atoms with Crippen LogP contribution in [-0.2, 0) is 4.79 Å². The standard InChI is InChI=1S/C17H28N2O2S/c1-12-9-14(13(2)22-12)15(20)7-8-16(21)18-10-17(3,4)11-19(5)6/h9H,7-8,10-11H2,1-6H3,(H,18,21). The monoisotopic (exact) mass is 324 g/mol. The number of Topliss-reactive ketones (excluding diaryl/α,β-unsaturated/α-hetero) is 1. The third kappa shape index (κ3) is 6.28. The molecule has 1 amide bonds. The molecule has 4 nitrogen and oxygen atoms in total. The summed E-state index contributed by atoms with van der Waals surface area (Å²) in [7, 11) is 4.04. The highest BCUT2D eigenvalue weighted by atomic mass is 32.1. The summed E-state index contributed by atoms with van der Waals surface area (Å²) in [6.07, 6.45) is 0.530. The maximum Gasteiger partial charge on any atom is 0.220 e. The first-order valence-electron chi connectivity index (χ1n) is 7.62. The van der Waals surface area contributed by atoms with E-state index in [2.05, 4.69) is 24.1 Å². The van der Waals surface area contributed by atoms with Crippen molar-refractivity contribution < 1.29 is 9.59 Å². The molecule has 0 aliphatic rings. The van der Waals surface area contributed by atoms with Gasteiger partial charge in [-0.3, -0.25) is 9.59 Å². The van der Waals surface area contributed by atoms with Gasteiger partial charge in [-0.2, -0.15) is 0 Å². The first kappa shape index (κ1) is 18.8. The zero-order chi connectivity index (χ0) is 16.9. The Kier molecular flexibility index (Phi) is 6.75. The van der Waals surface area contributed by atoms with Gasteiger partial charge in [-0.15, -0.1) is 11.3 Å². The van der Waals surface area contributed by atoms with Crippen molar-refractivity contribution >= 4 is 23.0 Å². The minimum absolute atomic E-state index is 0.0181. The van der Waals surface area contributed by atoms with E-state index in [0.29, 0.717) is 6.54 Å². The molecule has 0 fully saturated rings. The lowest BCUT2D eigenvalue weighted by Crippen LogP contribution is -2.40. The molecule has 1 aromatic heterocycles. The molecule has 1 N–H and O–H groups in total. The number of hydrogen-bond acceptors (Lipinski definition) is 4. The number of amides is 1. The normalized spacial score (nSPS) is 11.8. The highest BCUT2D eigenvalue weighted by Gasteiger charge is 2.20. The molecule has 0 aliphatic heterocycles. The zero-order valence-corrected chi connectivity index (χ0v) is 15.4. The van der Waals surface area contributed by atoms with E-state index in [1.807, 2.05) is 34.0 Å². The summed E-state index contributed by atoms with van der Waals surface area (Å²) in [6.45, 7) is 9.71. The van der Waals surface area contributed by atoms with Gasteiger partial charge in [-0.25, -0.2) is 0 Å². The van der Waals surface area contributed by atoms with Crippen LogP contribution in [0.3, 0.4) is 0 Å². The summed E-state index contributed by atoms with van der Waals surface area (Å²) >= 11 is 1.63. The van der Waals surface area contributed by atoms with Crippen molar-refractivity contribution in [3.63, 3.8) is 0 Å². The predicted molar refractivity (Wildman–Crippen MR) is 92.7 cm³/mol. The molecule has 1 heterocycles. The van der Waals surface area contributed by atoms with Gasteiger partial charge in [-0.05, 0) is 39.4 Å². The van der Waals surface area contributed by atoms with Gasteiger partial charge in [0.25, 0.3) is 0 Å². The lowest BCUT2D eigenvalue weighted by molar-refractivity contribution is -0.121. The molecule has 0 atom stereocenters. The van der Waals surface area contributed by atoms with E-state index in [1.54, 1.807) is 11.3 Å². The van der Waals surface area contributed by atoms with E-state index in [-0.39, 0.29) is 29.9 Å². The number of ketones is 1. The third-order valence-electron chi connectivity index (χ3n) is 3.43. The Morgan fingerprint density at radius 1 is 1.23 bits per heavy atom. The lowest BCUT2D eigenvalue weighted by Gasteiger charge is -2.28. The van der Waals surface area contributed by atoms with Crippen LogP contribution in [0, 0.1) is 19.3 Å². The van der Waals surface area contributed by atoms with Gasteiger partial charge in [0.15, 0.2) is 5.78 Å². The number of hydrogen-bond donors (Lipinski definition) is 1. The van der Waals surface area contributed by atoms with Gasteiger partial charge in [0.2, 0.25) is 5.91 Å². The smallest absolute Gasteiger partial charge is 0.220 e. The SMILES string of the molecule is Cc1cc(C(=O)CCC(=O)NCC(C)(C)CN(C)C)c(C)s1. The number of nitrogens with one attached hydrogen (secondary N) is 1. The van der Waals surface area contributed by atoms with Gasteiger partial charge in [0.1, 0.15) is 0 Å². The Bertz CT molecular complexity index is 533. The van der Waals surface area contributed by atoms with Crippen LogP contribution in [0.2, 0.25) is 0 Å². The molecule has 1 rings (SSSR count). The van der Waals surface area contributed by atoms with Crippen molar-refractivity contribution in [1.82, 2.24) is 10.2 Å². The van der Waals surface area contributed by atoms with Gasteiger partial charge in [0, 0.05) is 41.2 Å². The van der Waals surface area contributed by atoms with Crippen molar-refractivity contribution in [1.29, 1.82) is 0 Å². The van der Waals surface area contributed by atoms with Crippen LogP contribution >= 0.6 is 11.3 Å². The van der Waals surface area contributed by atoms with Crippen molar-refractivity contribution in [2.45, 2.75) is 40.5 Å². The lowest BCUT2D eigenvalue weighted by atomic mass is 9.93. The van der Waals surface area contributed by atoms with E-state index >= 15 is 0 Å². The fraction of sp³-hybridized carbons (Fsp3) is 0.647. The first-order valence-corrected chi connectivity index (χ1v) is 8.44. The molecular formula is C17H28N2O2S. The summed E-state index contributed by atoms with van der Waals surface area (Å²) in [5.74, 6) is 0.00865. The number of rotatable bonds is 8. The second-order valence-corrected chi connectivity index (χ2v) is 8.39. The minimum atomic E-state index is -0.0511.